The van der Waals surface area contributed by atoms with Gasteiger partial charge in [-0.2, -0.15) is 0 Å². The summed E-state index contributed by atoms with van der Waals surface area (Å²) >= 11 is -60.7. The van der Waals surface area contributed by atoms with E-state index in [2.05, 4.69) is 14.2 Å². The second kappa shape index (κ2) is 51.3. The van der Waals surface area contributed by atoms with Crippen molar-refractivity contribution < 1.29 is 632 Å². The van der Waals surface area contributed by atoms with Crippen molar-refractivity contribution in [1.29, 1.82) is 0 Å². The van der Waals surface area contributed by atoms with Gasteiger partial charge in [0, 0.05) is 0 Å². The Bertz CT molecular complexity index is 1580. The molecular formula is Cl5Cr10K5O35Ta2. The van der Waals surface area contributed by atoms with E-state index in [0.29, 0.717) is 0 Å². The van der Waals surface area contributed by atoms with Crippen LogP contribution >= 0.6 is 0 Å². The second-order valence-electron chi connectivity index (χ2n) is 4.42. The van der Waals surface area contributed by atoms with Gasteiger partial charge in [-0.05, 0) is 0 Å². The van der Waals surface area contributed by atoms with Crippen molar-refractivity contribution >= 4 is 0 Å². The molecule has 0 N–H and O–H groups in total. The van der Waals surface area contributed by atoms with Gasteiger partial charge in [-0.1, -0.05) is 0 Å². The predicted molar refractivity (Wildman–Crippen MR) is 19.2 cm³/mol. The summed E-state index contributed by atoms with van der Waals surface area (Å²) in [5.41, 5.74) is 0. The molecule has 0 aromatic heterocycles. The summed E-state index contributed by atoms with van der Waals surface area (Å²) in [7, 11) is 0. The fourth-order valence-corrected chi connectivity index (χ4v) is 8.68. The van der Waals surface area contributed by atoms with Gasteiger partial charge in [-0.3, -0.25) is 0 Å². The Morgan fingerprint density at radius 2 is 0.228 bits per heavy atom. The molecule has 35 nitrogen and oxygen atoms in total. The largest absolute Gasteiger partial charge is 5.00 e. The minimum absolute atomic E-state index is 0. The monoisotopic (exact) mass is 1810 g/mol. The van der Waals surface area contributed by atoms with Crippen molar-refractivity contribution in [1.82, 2.24) is 0 Å². The maximum atomic E-state index is 9.38. The zero-order chi connectivity index (χ0) is 38.5. The van der Waals surface area contributed by atoms with Gasteiger partial charge in [0.15, 0.2) is 0 Å². The van der Waals surface area contributed by atoms with Crippen molar-refractivity contribution in [3.8, 4) is 0 Å². The molecule has 0 heterocycles. The summed E-state index contributed by atoms with van der Waals surface area (Å²) in [5.74, 6) is 0. The molecule has 0 spiro atoms. The molecule has 57 heteroatoms. The van der Waals surface area contributed by atoms with Gasteiger partial charge in [-0.25, -0.2) is 0 Å². The molecule has 0 aromatic rings. The Labute approximate surface area is 613 Å². The van der Waals surface area contributed by atoms with Crippen LogP contribution in [0.1, 0.15) is 0 Å². The molecule has 320 valence electrons. The van der Waals surface area contributed by atoms with Crippen LogP contribution in [-0.4, -0.2) is 0 Å². The molecule has 0 bridgehead atoms. The van der Waals surface area contributed by atoms with Crippen molar-refractivity contribution in [2.45, 2.75) is 0 Å². The normalized spacial score (nSPS) is 10.7. The van der Waals surface area contributed by atoms with Crippen LogP contribution in [0.5, 0.6) is 0 Å². The Hall–Kier alpha value is 11.8. The quantitative estimate of drug-likeness (QED) is 0.183. The molecular weight excluding hydrogens is 1810 g/mol. The Kier molecular flexibility index (Phi) is 106. The molecule has 0 amide bonds. The summed E-state index contributed by atoms with van der Waals surface area (Å²) in [6.07, 6.45) is 0. The third-order valence-corrected chi connectivity index (χ3v) is 14.2. The van der Waals surface area contributed by atoms with E-state index in [0.717, 1.165) is 0 Å². The van der Waals surface area contributed by atoms with Gasteiger partial charge < -0.3 is 62.0 Å². The molecule has 0 aromatic carbocycles. The Morgan fingerprint density at radius 3 is 0.228 bits per heavy atom. The average Bonchev–Trinajstić information content (AvgIpc) is 2.36. The van der Waals surface area contributed by atoms with Crippen LogP contribution in [0.15, 0.2) is 0 Å². The van der Waals surface area contributed by atoms with Gasteiger partial charge in [0.1, 0.15) is 0 Å². The maximum absolute atomic E-state index is 9.38. The number of halogens is 5. The maximum Gasteiger partial charge on any atom is 5.00 e. The topological polar surface area (TPSA) is 618 Å². The van der Waals surface area contributed by atoms with Gasteiger partial charge in [0.2, 0.25) is 0 Å². The Balaban J connectivity index is -0.0000000222. The summed E-state index contributed by atoms with van der Waals surface area (Å²) in [4.78, 5) is 0. The molecule has 0 saturated heterocycles. The van der Waals surface area contributed by atoms with Crippen molar-refractivity contribution in [3.63, 3.8) is 0 Å². The smallest absolute Gasteiger partial charge is 5.00 e. The molecule has 0 unspecified atom stereocenters. The van der Waals surface area contributed by atoms with E-state index in [9.17, 15) is 118 Å². The molecule has 0 rings (SSSR count). The minimum atomic E-state index is -6.07. The average molecular weight is 1810 g/mol. The van der Waals surface area contributed by atoms with E-state index in [1.807, 2.05) is 0 Å². The molecule has 0 aliphatic heterocycles. The van der Waals surface area contributed by atoms with Crippen LogP contribution in [0.25, 0.3) is 0 Å². The van der Waals surface area contributed by atoms with Gasteiger partial charge in [-0.15, -0.1) is 0 Å². The Morgan fingerprint density at radius 1 is 0.193 bits per heavy atom. The molecule has 0 atom stereocenters. The van der Waals surface area contributed by atoms with E-state index in [-0.39, 0.29) is 364 Å². The van der Waals surface area contributed by atoms with E-state index in [1.54, 1.807) is 0 Å². The van der Waals surface area contributed by atoms with Crippen molar-refractivity contribution in [2.24, 2.45) is 0 Å². The number of rotatable bonds is 10. The minimum Gasteiger partial charge on any atom is 5.00 e. The SMILES string of the molecule is [Cl-].[Cl-].[Cl-].[Cl-].[Cl-].[K+].[K+].[K+].[K+].[K+].[O]=[Cr](=[O])([O-])[O][Cr](=[O])(=[O])[O-].[O]=[Cr](=[O])([O-])[O][Cr](=[O])(=[O])[O-].[O]=[Cr](=[O])([O-])[O][Cr](=[O])(=[O])[O-].[O]=[Cr](=[O])([O-])[O][Cr](=[O])(=[O])[O-].[O]=[Cr](=[O])([O-])[O][Cr](=[O])(=[O])[O-].[Ta+5].[Ta+5]. The first kappa shape index (κ1) is 118. The van der Waals surface area contributed by atoms with Crippen LogP contribution in [0, 0.1) is 0 Å². The summed E-state index contributed by atoms with van der Waals surface area (Å²) < 4.78 is 294. The standard InChI is InChI=1S/5ClH.10Cr.5K.35O.2Ta/h5*1H;;;;;;;;;;;;;;;;;;;;;;;;;;;;;;;;;;;;;;;;;;;;;;;;;;;;/q;;;;;;;;;;;;;;;5*+1;;;;;;;;;;;;;;;;;;;;;;;;;;10*-1;2*+5/p-5. The van der Waals surface area contributed by atoms with Gasteiger partial charge in [0.25, 0.3) is 0 Å². The summed E-state index contributed by atoms with van der Waals surface area (Å²) in [6.45, 7) is 0. The van der Waals surface area contributed by atoms with E-state index in [1.165, 1.54) is 0 Å². The van der Waals surface area contributed by atoms with Crippen molar-refractivity contribution in [2.75, 3.05) is 0 Å². The number of hydrogen-bond donors (Lipinski definition) is 0. The molecule has 0 aliphatic rings. The third-order valence-electron chi connectivity index (χ3n) is 0.833. The molecule has 0 radical (unpaired) electrons. The first-order chi connectivity index (χ1) is 18.5. The summed E-state index contributed by atoms with van der Waals surface area (Å²) in [5, 5.41) is 0. The van der Waals surface area contributed by atoms with Crippen LogP contribution < -0.4 is 361 Å². The van der Waals surface area contributed by atoms with Crippen molar-refractivity contribution in [3.05, 3.63) is 0 Å². The van der Waals surface area contributed by atoms with Gasteiger partial charge >= 0.3 is 570 Å². The van der Waals surface area contributed by atoms with E-state index < -0.39 is 136 Å². The predicted octanol–water partition coefficient (Wildman–Crippen LogP) is -44.6. The number of hydrogen-bond acceptors (Lipinski definition) is 35. The second-order valence-corrected chi connectivity index (χ2v) is 22.6. The molecule has 0 saturated carbocycles. The van der Waals surface area contributed by atoms with Crippen LogP contribution in [0.2, 0.25) is 0 Å². The van der Waals surface area contributed by atoms with Crippen LogP contribution in [0.3, 0.4) is 0 Å². The van der Waals surface area contributed by atoms with Gasteiger partial charge in [0.05, 0.1) is 0 Å². The fourth-order valence-electron chi connectivity index (χ4n) is 0.510. The van der Waals surface area contributed by atoms with Crippen LogP contribution in [0.4, 0.5) is 0 Å². The van der Waals surface area contributed by atoms with Crippen LogP contribution in [-0.2, 0) is 271 Å². The first-order valence-corrected chi connectivity index (χ1v) is 27.5. The third kappa shape index (κ3) is 168. The molecule has 57 heavy (non-hydrogen) atoms. The first-order valence-electron chi connectivity index (χ1n) is 6.67. The van der Waals surface area contributed by atoms with E-state index in [4.69, 9.17) is 0 Å². The molecule has 0 fully saturated rings. The van der Waals surface area contributed by atoms with E-state index >= 15 is 0 Å². The fraction of sp³-hybridized carbons (Fsp3) is 0. The zero-order valence-electron chi connectivity index (χ0n) is 26.2. The molecule has 0 aliphatic carbocycles. The summed E-state index contributed by atoms with van der Waals surface area (Å²) in [6, 6.07) is 0. The zero-order valence-corrected chi connectivity index (χ0v) is 64.7.